The smallest absolute Gasteiger partial charge is 0.107 e. The Morgan fingerprint density at radius 1 is 1.45 bits per heavy atom. The molecule has 0 aliphatic carbocycles. The third-order valence-electron chi connectivity index (χ3n) is 3.08. The van der Waals surface area contributed by atoms with Crippen molar-refractivity contribution in [2.24, 2.45) is 0 Å². The van der Waals surface area contributed by atoms with Gasteiger partial charge in [0.25, 0.3) is 0 Å². The molecule has 0 aliphatic heterocycles. The van der Waals surface area contributed by atoms with E-state index < -0.39 is 0 Å². The van der Waals surface area contributed by atoms with Crippen LogP contribution in [0.4, 0.5) is 0 Å². The van der Waals surface area contributed by atoms with Gasteiger partial charge in [-0.2, -0.15) is 0 Å². The van der Waals surface area contributed by atoms with Gasteiger partial charge in [-0.15, -0.1) is 11.3 Å². The Balaban J connectivity index is 2.44. The van der Waals surface area contributed by atoms with Crippen molar-refractivity contribution in [1.82, 2.24) is 5.32 Å². The lowest BCUT2D eigenvalue weighted by Gasteiger charge is -2.20. The van der Waals surface area contributed by atoms with E-state index in [9.17, 15) is 0 Å². The second kappa shape index (κ2) is 7.58. The standard InChI is InChI=1S/C15H16BrClINS/c1-3-7-19-14(12-8-11(16)15(17)20-12)10-6-4-5-9(2)13(10)18/h4-6,8,14,19H,3,7H2,1-2H3. The molecular formula is C15H16BrClINS. The lowest BCUT2D eigenvalue weighted by molar-refractivity contribution is 0.603. The summed E-state index contributed by atoms with van der Waals surface area (Å²) in [6, 6.07) is 8.80. The molecule has 0 bridgehead atoms. The highest BCUT2D eigenvalue weighted by Gasteiger charge is 2.20. The minimum atomic E-state index is 0.204. The molecule has 0 spiro atoms. The van der Waals surface area contributed by atoms with E-state index in [0.29, 0.717) is 0 Å². The minimum Gasteiger partial charge on any atom is -0.306 e. The van der Waals surface area contributed by atoms with Gasteiger partial charge in [0.15, 0.2) is 0 Å². The Morgan fingerprint density at radius 2 is 2.20 bits per heavy atom. The van der Waals surface area contributed by atoms with E-state index in [0.717, 1.165) is 21.8 Å². The van der Waals surface area contributed by atoms with Crippen LogP contribution < -0.4 is 5.32 Å². The van der Waals surface area contributed by atoms with Crippen LogP contribution in [0.1, 0.15) is 35.4 Å². The van der Waals surface area contributed by atoms with E-state index in [1.807, 2.05) is 0 Å². The fourth-order valence-electron chi connectivity index (χ4n) is 2.05. The van der Waals surface area contributed by atoms with Gasteiger partial charge in [0.1, 0.15) is 4.34 Å². The quantitative estimate of drug-likeness (QED) is 0.501. The van der Waals surface area contributed by atoms with Gasteiger partial charge in [-0.1, -0.05) is 36.7 Å². The maximum atomic E-state index is 6.21. The Kier molecular flexibility index (Phi) is 6.35. The largest absolute Gasteiger partial charge is 0.306 e. The highest BCUT2D eigenvalue weighted by atomic mass is 127. The van der Waals surface area contributed by atoms with E-state index in [2.05, 4.69) is 82.0 Å². The van der Waals surface area contributed by atoms with Crippen LogP contribution in [0.5, 0.6) is 0 Å². The Hall–Kier alpha value is 0.380. The van der Waals surface area contributed by atoms with Crippen molar-refractivity contribution in [3.63, 3.8) is 0 Å². The zero-order valence-electron chi connectivity index (χ0n) is 11.3. The van der Waals surface area contributed by atoms with Gasteiger partial charge in [0.2, 0.25) is 0 Å². The van der Waals surface area contributed by atoms with Crippen molar-refractivity contribution in [2.75, 3.05) is 6.54 Å². The van der Waals surface area contributed by atoms with Crippen molar-refractivity contribution in [3.05, 3.63) is 52.6 Å². The molecule has 1 nitrogen and oxygen atoms in total. The number of thiophene rings is 1. The number of benzene rings is 1. The molecule has 1 unspecified atom stereocenters. The number of nitrogens with one attached hydrogen (secondary N) is 1. The third kappa shape index (κ3) is 3.77. The molecule has 0 fully saturated rings. The highest BCUT2D eigenvalue weighted by molar-refractivity contribution is 14.1. The van der Waals surface area contributed by atoms with Crippen LogP contribution in [-0.4, -0.2) is 6.54 Å². The van der Waals surface area contributed by atoms with Crippen molar-refractivity contribution < 1.29 is 0 Å². The molecule has 1 aromatic heterocycles. The predicted octanol–water partition coefficient (Wildman–Crippen LogP) is 6.17. The van der Waals surface area contributed by atoms with E-state index in [-0.39, 0.29) is 6.04 Å². The summed E-state index contributed by atoms with van der Waals surface area (Å²) >= 11 is 13.8. The molecule has 1 atom stereocenters. The molecule has 108 valence electrons. The average molecular weight is 485 g/mol. The normalized spacial score (nSPS) is 12.7. The fourth-order valence-corrected chi connectivity index (χ4v) is 4.55. The molecule has 0 amide bonds. The summed E-state index contributed by atoms with van der Waals surface area (Å²) in [6.07, 6.45) is 1.11. The van der Waals surface area contributed by atoms with Crippen LogP contribution in [0.3, 0.4) is 0 Å². The van der Waals surface area contributed by atoms with E-state index >= 15 is 0 Å². The van der Waals surface area contributed by atoms with Gasteiger partial charge in [0.05, 0.1) is 6.04 Å². The van der Waals surface area contributed by atoms with E-state index in [4.69, 9.17) is 11.6 Å². The lowest BCUT2D eigenvalue weighted by Crippen LogP contribution is -2.23. The Labute approximate surface area is 151 Å². The summed E-state index contributed by atoms with van der Waals surface area (Å²) in [7, 11) is 0. The highest BCUT2D eigenvalue weighted by Crippen LogP contribution is 2.38. The lowest BCUT2D eigenvalue weighted by atomic mass is 10.0. The summed E-state index contributed by atoms with van der Waals surface area (Å²) in [5, 5.41) is 3.64. The van der Waals surface area contributed by atoms with Crippen molar-refractivity contribution in [2.45, 2.75) is 26.3 Å². The topological polar surface area (TPSA) is 12.0 Å². The average Bonchev–Trinajstić information content (AvgIpc) is 2.74. The van der Waals surface area contributed by atoms with Gasteiger partial charge in [-0.3, -0.25) is 0 Å². The van der Waals surface area contributed by atoms with Crippen LogP contribution in [0, 0.1) is 10.5 Å². The van der Waals surface area contributed by atoms with Crippen molar-refractivity contribution in [3.8, 4) is 0 Å². The first-order chi connectivity index (χ1) is 9.54. The van der Waals surface area contributed by atoms with Gasteiger partial charge < -0.3 is 5.32 Å². The van der Waals surface area contributed by atoms with E-state index in [1.165, 1.54) is 19.6 Å². The molecule has 1 N–H and O–H groups in total. The summed E-state index contributed by atoms with van der Waals surface area (Å²) < 4.78 is 3.11. The summed E-state index contributed by atoms with van der Waals surface area (Å²) in [6.45, 7) is 5.32. The van der Waals surface area contributed by atoms with E-state index in [1.54, 1.807) is 11.3 Å². The second-order valence-corrected chi connectivity index (χ2v) is 8.25. The maximum absolute atomic E-state index is 6.21. The molecule has 1 heterocycles. The predicted molar refractivity (Wildman–Crippen MR) is 101 cm³/mol. The molecule has 20 heavy (non-hydrogen) atoms. The molecule has 0 saturated carbocycles. The molecule has 5 heteroatoms. The zero-order chi connectivity index (χ0) is 14.7. The summed E-state index contributed by atoms with van der Waals surface area (Å²) in [5.74, 6) is 0. The zero-order valence-corrected chi connectivity index (χ0v) is 16.7. The first-order valence-electron chi connectivity index (χ1n) is 6.47. The molecular weight excluding hydrogens is 469 g/mol. The molecule has 0 aliphatic rings. The van der Waals surface area contributed by atoms with Crippen LogP contribution in [-0.2, 0) is 0 Å². The molecule has 0 saturated heterocycles. The molecule has 2 rings (SSSR count). The monoisotopic (exact) mass is 483 g/mol. The first-order valence-corrected chi connectivity index (χ1v) is 9.54. The number of halogens is 3. The van der Waals surface area contributed by atoms with Crippen molar-refractivity contribution in [1.29, 1.82) is 0 Å². The number of hydrogen-bond acceptors (Lipinski definition) is 2. The third-order valence-corrected chi connectivity index (χ3v) is 7.09. The second-order valence-electron chi connectivity index (χ2n) is 4.64. The van der Waals surface area contributed by atoms with Gasteiger partial charge in [0, 0.05) is 12.9 Å². The molecule has 2 aromatic rings. The number of aryl methyl sites for hydroxylation is 1. The van der Waals surface area contributed by atoms with Gasteiger partial charge in [-0.25, -0.2) is 0 Å². The SMILES string of the molecule is CCCNC(c1cc(Br)c(Cl)s1)c1cccc(C)c1I. The maximum Gasteiger partial charge on any atom is 0.107 e. The van der Waals surface area contributed by atoms with Crippen molar-refractivity contribution >= 4 is 61.5 Å². The molecule has 0 radical (unpaired) electrons. The molecule has 1 aromatic carbocycles. The van der Waals surface area contributed by atoms with Crippen LogP contribution in [0.2, 0.25) is 4.34 Å². The Bertz CT molecular complexity index is 580. The summed E-state index contributed by atoms with van der Waals surface area (Å²) in [4.78, 5) is 1.25. The van der Waals surface area contributed by atoms with Gasteiger partial charge >= 0.3 is 0 Å². The number of hydrogen-bond donors (Lipinski definition) is 1. The number of rotatable bonds is 5. The fraction of sp³-hybridized carbons (Fsp3) is 0.333. The Morgan fingerprint density at radius 3 is 2.80 bits per heavy atom. The summed E-state index contributed by atoms with van der Waals surface area (Å²) in [5.41, 5.74) is 2.64. The van der Waals surface area contributed by atoms with Crippen LogP contribution in [0.15, 0.2) is 28.7 Å². The minimum absolute atomic E-state index is 0.204. The van der Waals surface area contributed by atoms with Crippen LogP contribution in [0.25, 0.3) is 0 Å². The first kappa shape index (κ1) is 16.7. The van der Waals surface area contributed by atoms with Gasteiger partial charge in [-0.05, 0) is 75.6 Å². The van der Waals surface area contributed by atoms with Crippen LogP contribution >= 0.6 is 61.5 Å².